The zero-order chi connectivity index (χ0) is 19.8. The zero-order valence-corrected chi connectivity index (χ0v) is 16.5. The Bertz CT molecular complexity index is 799. The van der Waals surface area contributed by atoms with E-state index in [4.69, 9.17) is 9.73 Å². The largest absolute Gasteiger partial charge is 0.368 e. The van der Waals surface area contributed by atoms with Gasteiger partial charge in [0.1, 0.15) is 6.10 Å². The van der Waals surface area contributed by atoms with Gasteiger partial charge >= 0.3 is 0 Å². The number of amides is 1. The summed E-state index contributed by atoms with van der Waals surface area (Å²) in [6, 6.07) is 18.0. The summed E-state index contributed by atoms with van der Waals surface area (Å²) >= 11 is 0. The Kier molecular flexibility index (Phi) is 7.03. The van der Waals surface area contributed by atoms with Crippen LogP contribution in [0.3, 0.4) is 0 Å². The normalized spacial score (nSPS) is 16.6. The lowest BCUT2D eigenvalue weighted by Crippen LogP contribution is -2.36. The molecule has 0 radical (unpaired) electrons. The number of rotatable bonds is 6. The first-order valence-corrected chi connectivity index (χ1v) is 9.63. The van der Waals surface area contributed by atoms with Crippen molar-refractivity contribution in [1.29, 1.82) is 0 Å². The third kappa shape index (κ3) is 5.82. The van der Waals surface area contributed by atoms with Gasteiger partial charge in [-0.1, -0.05) is 42.5 Å². The fourth-order valence-electron chi connectivity index (χ4n) is 3.05. The first-order valence-electron chi connectivity index (χ1n) is 9.63. The molecule has 1 aliphatic heterocycles. The number of nitrogens with zero attached hydrogens (tertiary/aromatic N) is 2. The van der Waals surface area contributed by atoms with Crippen LogP contribution in [0.5, 0.6) is 0 Å². The fourth-order valence-corrected chi connectivity index (χ4v) is 3.05. The molecule has 2 aromatic carbocycles. The number of carbonyl (C=O) groups is 1. The van der Waals surface area contributed by atoms with E-state index in [9.17, 15) is 4.79 Å². The van der Waals surface area contributed by atoms with Crippen LogP contribution in [0, 0.1) is 0 Å². The van der Waals surface area contributed by atoms with Crippen molar-refractivity contribution in [2.75, 3.05) is 26.0 Å². The summed E-state index contributed by atoms with van der Waals surface area (Å²) in [5, 5.41) is 6.32. The van der Waals surface area contributed by atoms with E-state index >= 15 is 0 Å². The van der Waals surface area contributed by atoms with Crippen molar-refractivity contribution in [3.63, 3.8) is 0 Å². The maximum absolute atomic E-state index is 12.2. The van der Waals surface area contributed by atoms with E-state index in [1.807, 2.05) is 61.5 Å². The summed E-state index contributed by atoms with van der Waals surface area (Å²) in [5.74, 6) is 0.745. The number of aliphatic imine (C=N–C) groups is 1. The highest BCUT2D eigenvalue weighted by Crippen LogP contribution is 2.16. The van der Waals surface area contributed by atoms with Crippen LogP contribution in [0.4, 0.5) is 5.69 Å². The first-order chi connectivity index (χ1) is 13.6. The summed E-state index contributed by atoms with van der Waals surface area (Å²) in [6.45, 7) is 1.91. The first kappa shape index (κ1) is 19.9. The van der Waals surface area contributed by atoms with Crippen LogP contribution in [-0.4, -0.2) is 43.6 Å². The molecular formula is C22H28N4O2. The molecule has 1 aliphatic rings. The van der Waals surface area contributed by atoms with E-state index < -0.39 is 0 Å². The second kappa shape index (κ2) is 9.90. The molecule has 6 heteroatoms. The number of nitrogens with one attached hydrogen (secondary N) is 2. The molecule has 0 bridgehead atoms. The topological polar surface area (TPSA) is 66.0 Å². The quantitative estimate of drug-likeness (QED) is 0.597. The van der Waals surface area contributed by atoms with E-state index in [1.54, 1.807) is 0 Å². The molecule has 2 aromatic rings. The maximum atomic E-state index is 12.2. The third-order valence-electron chi connectivity index (χ3n) is 4.55. The van der Waals surface area contributed by atoms with Crippen LogP contribution in [0.15, 0.2) is 59.6 Å². The summed E-state index contributed by atoms with van der Waals surface area (Å²) < 4.78 is 5.44. The van der Waals surface area contributed by atoms with Crippen LogP contribution < -0.4 is 10.6 Å². The molecule has 3 rings (SSSR count). The molecule has 1 heterocycles. The standard InChI is InChI=1S/C22H28N4O2/c1-26(2)22(23-15-17-8-4-3-5-9-17)24-16-18-10-6-11-19(14-18)25-21(27)20-12-7-13-28-20/h3-6,8-11,14,20H,7,12-13,15-16H2,1-2H3,(H,23,24)(H,25,27). The average molecular weight is 380 g/mol. The van der Waals surface area contributed by atoms with Gasteiger partial charge in [-0.15, -0.1) is 0 Å². The van der Waals surface area contributed by atoms with Crippen molar-refractivity contribution in [2.45, 2.75) is 32.0 Å². The fraction of sp³-hybridized carbons (Fsp3) is 0.364. The van der Waals surface area contributed by atoms with Crippen LogP contribution >= 0.6 is 0 Å². The van der Waals surface area contributed by atoms with Crippen molar-refractivity contribution in [3.05, 3.63) is 65.7 Å². The van der Waals surface area contributed by atoms with Gasteiger partial charge in [0.15, 0.2) is 5.96 Å². The molecular weight excluding hydrogens is 352 g/mol. The van der Waals surface area contributed by atoms with E-state index in [0.717, 1.165) is 36.6 Å². The molecule has 0 saturated carbocycles. The van der Waals surface area contributed by atoms with Crippen molar-refractivity contribution < 1.29 is 9.53 Å². The third-order valence-corrected chi connectivity index (χ3v) is 4.55. The van der Waals surface area contributed by atoms with Crippen molar-refractivity contribution in [1.82, 2.24) is 10.2 Å². The monoisotopic (exact) mass is 380 g/mol. The van der Waals surface area contributed by atoms with Gasteiger partial charge in [0, 0.05) is 32.9 Å². The predicted octanol–water partition coefficient (Wildman–Crippen LogP) is 3.01. The number of guanidine groups is 1. The predicted molar refractivity (Wildman–Crippen MR) is 112 cm³/mol. The lowest BCUT2D eigenvalue weighted by Gasteiger charge is -2.18. The molecule has 6 nitrogen and oxygen atoms in total. The number of hydrogen-bond donors (Lipinski definition) is 2. The van der Waals surface area contributed by atoms with Gasteiger partial charge in [-0.2, -0.15) is 0 Å². The van der Waals surface area contributed by atoms with Gasteiger partial charge < -0.3 is 20.3 Å². The van der Waals surface area contributed by atoms with Gasteiger partial charge in [0.05, 0.1) is 6.54 Å². The minimum absolute atomic E-state index is 0.0725. The SMILES string of the molecule is CN(C)C(=NCc1cccc(NC(=O)C2CCCO2)c1)NCc1ccccc1. The van der Waals surface area contributed by atoms with Crippen LogP contribution in [0.25, 0.3) is 0 Å². The molecule has 1 atom stereocenters. The van der Waals surface area contributed by atoms with E-state index in [-0.39, 0.29) is 12.0 Å². The van der Waals surface area contributed by atoms with Gasteiger partial charge in [-0.05, 0) is 36.1 Å². The van der Waals surface area contributed by atoms with Crippen molar-refractivity contribution in [2.24, 2.45) is 4.99 Å². The highest BCUT2D eigenvalue weighted by atomic mass is 16.5. The van der Waals surface area contributed by atoms with E-state index in [2.05, 4.69) is 22.8 Å². The summed E-state index contributed by atoms with van der Waals surface area (Å²) in [7, 11) is 3.93. The van der Waals surface area contributed by atoms with Crippen LogP contribution in [0.2, 0.25) is 0 Å². The average Bonchev–Trinajstić information content (AvgIpc) is 3.24. The molecule has 0 spiro atoms. The Labute approximate surface area is 166 Å². The van der Waals surface area contributed by atoms with Crippen LogP contribution in [-0.2, 0) is 22.6 Å². The van der Waals surface area contributed by atoms with Gasteiger partial charge in [-0.3, -0.25) is 4.79 Å². The lowest BCUT2D eigenvalue weighted by molar-refractivity contribution is -0.124. The summed E-state index contributed by atoms with van der Waals surface area (Å²) in [4.78, 5) is 18.9. The molecule has 1 unspecified atom stereocenters. The number of carbonyl (C=O) groups excluding carboxylic acids is 1. The molecule has 0 aromatic heterocycles. The number of anilines is 1. The molecule has 148 valence electrons. The Hall–Kier alpha value is -2.86. The molecule has 1 saturated heterocycles. The van der Waals surface area contributed by atoms with Crippen molar-refractivity contribution >= 4 is 17.6 Å². The Morgan fingerprint density at radius 2 is 1.93 bits per heavy atom. The molecule has 1 amide bonds. The Balaban J connectivity index is 1.59. The lowest BCUT2D eigenvalue weighted by atomic mass is 10.2. The van der Waals surface area contributed by atoms with E-state index in [0.29, 0.717) is 13.2 Å². The second-order valence-electron chi connectivity index (χ2n) is 7.06. The van der Waals surface area contributed by atoms with Gasteiger partial charge in [0.25, 0.3) is 5.91 Å². The Morgan fingerprint density at radius 3 is 2.64 bits per heavy atom. The summed E-state index contributed by atoms with van der Waals surface area (Å²) in [6.07, 6.45) is 1.40. The highest BCUT2D eigenvalue weighted by molar-refractivity contribution is 5.94. The molecule has 1 fully saturated rings. The number of benzene rings is 2. The van der Waals surface area contributed by atoms with E-state index in [1.165, 1.54) is 5.56 Å². The van der Waals surface area contributed by atoms with Crippen molar-refractivity contribution in [3.8, 4) is 0 Å². The zero-order valence-electron chi connectivity index (χ0n) is 16.5. The minimum Gasteiger partial charge on any atom is -0.368 e. The number of hydrogen-bond acceptors (Lipinski definition) is 3. The molecule has 2 N–H and O–H groups in total. The molecule has 28 heavy (non-hydrogen) atoms. The molecule has 0 aliphatic carbocycles. The van der Waals surface area contributed by atoms with Gasteiger partial charge in [0.2, 0.25) is 0 Å². The maximum Gasteiger partial charge on any atom is 0.253 e. The second-order valence-corrected chi connectivity index (χ2v) is 7.06. The van der Waals surface area contributed by atoms with Crippen LogP contribution in [0.1, 0.15) is 24.0 Å². The Morgan fingerprint density at radius 1 is 1.14 bits per heavy atom. The summed E-state index contributed by atoms with van der Waals surface area (Å²) in [5.41, 5.74) is 3.01. The highest BCUT2D eigenvalue weighted by Gasteiger charge is 2.23. The smallest absolute Gasteiger partial charge is 0.253 e. The van der Waals surface area contributed by atoms with Gasteiger partial charge in [-0.25, -0.2) is 4.99 Å². The number of ether oxygens (including phenoxy) is 1. The minimum atomic E-state index is -0.329.